The summed E-state index contributed by atoms with van der Waals surface area (Å²) in [5.74, 6) is 0. The minimum absolute atomic E-state index is 0.00720. The lowest BCUT2D eigenvalue weighted by Gasteiger charge is -2.43. The number of fused-ring (bicyclic) bond motifs is 1. The van der Waals surface area contributed by atoms with Gasteiger partial charge >= 0.3 is 0 Å². The molecule has 0 radical (unpaired) electrons. The molecule has 3 nitrogen and oxygen atoms in total. The molecular formula is C16H24N2O. The zero-order chi connectivity index (χ0) is 13.5. The van der Waals surface area contributed by atoms with Gasteiger partial charge in [0.25, 0.3) is 0 Å². The van der Waals surface area contributed by atoms with Gasteiger partial charge in [-0.2, -0.15) is 0 Å². The van der Waals surface area contributed by atoms with E-state index in [2.05, 4.69) is 36.1 Å². The Balaban J connectivity index is 1.78. The summed E-state index contributed by atoms with van der Waals surface area (Å²) in [6.45, 7) is 4.36. The van der Waals surface area contributed by atoms with E-state index >= 15 is 0 Å². The second kappa shape index (κ2) is 4.89. The zero-order valence-corrected chi connectivity index (χ0v) is 11.9. The third-order valence-corrected chi connectivity index (χ3v) is 4.91. The Morgan fingerprint density at radius 3 is 2.89 bits per heavy atom. The van der Waals surface area contributed by atoms with Crippen LogP contribution in [-0.4, -0.2) is 36.7 Å². The van der Waals surface area contributed by atoms with Crippen molar-refractivity contribution >= 4 is 0 Å². The Kier molecular flexibility index (Phi) is 3.37. The monoisotopic (exact) mass is 260 g/mol. The van der Waals surface area contributed by atoms with Crippen LogP contribution in [0.3, 0.4) is 0 Å². The molecule has 0 bridgehead atoms. The molecule has 2 N–H and O–H groups in total. The first kappa shape index (κ1) is 13.1. The van der Waals surface area contributed by atoms with Gasteiger partial charge in [0, 0.05) is 25.7 Å². The molecule has 3 unspecified atom stereocenters. The largest absolute Gasteiger partial charge is 0.377 e. The number of nitrogens with two attached hydrogens (primary N) is 1. The summed E-state index contributed by atoms with van der Waals surface area (Å²) in [6.07, 6.45) is 3.43. The normalized spacial score (nSPS) is 35.3. The second-order valence-corrected chi connectivity index (χ2v) is 6.22. The standard InChI is InChI=1S/C16H24N2O/c1-16(19-2)8-5-9-18(11-16)14-10-12-6-3-4-7-13(12)15(14)17/h3-4,6-7,14-15H,5,8-11,17H2,1-2H3. The first-order chi connectivity index (χ1) is 9.13. The van der Waals surface area contributed by atoms with Crippen molar-refractivity contribution in [3.63, 3.8) is 0 Å². The molecule has 0 aromatic heterocycles. The molecule has 3 rings (SSSR count). The Morgan fingerprint density at radius 2 is 2.16 bits per heavy atom. The molecule has 19 heavy (non-hydrogen) atoms. The fourth-order valence-electron chi connectivity index (χ4n) is 3.65. The Morgan fingerprint density at radius 1 is 1.37 bits per heavy atom. The van der Waals surface area contributed by atoms with Crippen molar-refractivity contribution in [2.24, 2.45) is 5.73 Å². The van der Waals surface area contributed by atoms with Gasteiger partial charge in [0.2, 0.25) is 0 Å². The highest BCUT2D eigenvalue weighted by atomic mass is 16.5. The Hall–Kier alpha value is -0.900. The molecule has 0 saturated carbocycles. The van der Waals surface area contributed by atoms with Gasteiger partial charge in [0.1, 0.15) is 0 Å². The molecule has 0 spiro atoms. The van der Waals surface area contributed by atoms with Crippen LogP contribution >= 0.6 is 0 Å². The van der Waals surface area contributed by atoms with Gasteiger partial charge in [-0.15, -0.1) is 0 Å². The third-order valence-electron chi connectivity index (χ3n) is 4.91. The quantitative estimate of drug-likeness (QED) is 0.885. The molecule has 3 heteroatoms. The number of likely N-dealkylation sites (tertiary alicyclic amines) is 1. The van der Waals surface area contributed by atoms with Crippen molar-refractivity contribution in [2.75, 3.05) is 20.2 Å². The zero-order valence-electron chi connectivity index (χ0n) is 11.9. The Labute approximate surface area is 115 Å². The number of rotatable bonds is 2. The molecule has 104 valence electrons. The predicted octanol–water partition coefficient (Wildman–Crippen LogP) is 2.11. The van der Waals surface area contributed by atoms with Crippen LogP contribution in [0, 0.1) is 0 Å². The fourth-order valence-corrected chi connectivity index (χ4v) is 3.65. The van der Waals surface area contributed by atoms with E-state index in [-0.39, 0.29) is 11.6 Å². The van der Waals surface area contributed by atoms with Crippen molar-refractivity contribution < 1.29 is 4.74 Å². The van der Waals surface area contributed by atoms with Gasteiger partial charge in [0.15, 0.2) is 0 Å². The van der Waals surface area contributed by atoms with E-state index < -0.39 is 0 Å². The summed E-state index contributed by atoms with van der Waals surface area (Å²) in [7, 11) is 1.83. The van der Waals surface area contributed by atoms with Crippen molar-refractivity contribution in [3.05, 3.63) is 35.4 Å². The molecule has 1 aromatic carbocycles. The van der Waals surface area contributed by atoms with Crippen molar-refractivity contribution in [1.29, 1.82) is 0 Å². The number of hydrogen-bond acceptors (Lipinski definition) is 3. The van der Waals surface area contributed by atoms with Gasteiger partial charge in [-0.3, -0.25) is 4.90 Å². The predicted molar refractivity (Wildman–Crippen MR) is 77.1 cm³/mol. The number of benzene rings is 1. The first-order valence-electron chi connectivity index (χ1n) is 7.25. The third kappa shape index (κ3) is 2.31. The maximum Gasteiger partial charge on any atom is 0.0777 e. The fraction of sp³-hybridized carbons (Fsp3) is 0.625. The maximum atomic E-state index is 6.47. The highest BCUT2D eigenvalue weighted by Crippen LogP contribution is 2.35. The minimum Gasteiger partial charge on any atom is -0.377 e. The number of nitrogens with zero attached hydrogens (tertiary/aromatic N) is 1. The van der Waals surface area contributed by atoms with Crippen molar-refractivity contribution in [2.45, 2.75) is 43.9 Å². The molecule has 1 heterocycles. The SMILES string of the molecule is COC1(C)CCCN(C2Cc3ccccc3C2N)C1. The molecule has 1 fully saturated rings. The van der Waals surface area contributed by atoms with E-state index in [1.54, 1.807) is 0 Å². The van der Waals surface area contributed by atoms with E-state index in [0.29, 0.717) is 6.04 Å². The lowest BCUT2D eigenvalue weighted by Crippen LogP contribution is -2.53. The molecule has 1 saturated heterocycles. The van der Waals surface area contributed by atoms with E-state index in [1.165, 1.54) is 17.5 Å². The summed E-state index contributed by atoms with van der Waals surface area (Å²) in [5, 5.41) is 0. The van der Waals surface area contributed by atoms with E-state index in [1.807, 2.05) is 7.11 Å². The van der Waals surface area contributed by atoms with Gasteiger partial charge in [-0.05, 0) is 43.9 Å². The van der Waals surface area contributed by atoms with E-state index in [0.717, 1.165) is 25.9 Å². The van der Waals surface area contributed by atoms with Gasteiger partial charge in [-0.1, -0.05) is 24.3 Å². The van der Waals surface area contributed by atoms with Gasteiger partial charge in [0.05, 0.1) is 5.60 Å². The van der Waals surface area contributed by atoms with Crippen LogP contribution in [0.2, 0.25) is 0 Å². The molecular weight excluding hydrogens is 236 g/mol. The summed E-state index contributed by atoms with van der Waals surface area (Å²) in [4.78, 5) is 2.54. The Bertz CT molecular complexity index is 462. The molecule has 3 atom stereocenters. The highest BCUT2D eigenvalue weighted by molar-refractivity contribution is 5.37. The smallest absolute Gasteiger partial charge is 0.0777 e. The number of methoxy groups -OCH3 is 1. The van der Waals surface area contributed by atoms with Crippen LogP contribution in [0.25, 0.3) is 0 Å². The highest BCUT2D eigenvalue weighted by Gasteiger charge is 2.39. The lowest BCUT2D eigenvalue weighted by molar-refractivity contribution is -0.0625. The van der Waals surface area contributed by atoms with Gasteiger partial charge < -0.3 is 10.5 Å². The minimum atomic E-state index is -0.00720. The summed E-state index contributed by atoms with van der Waals surface area (Å²) < 4.78 is 5.70. The number of piperidine rings is 1. The van der Waals surface area contributed by atoms with Crippen molar-refractivity contribution in [3.8, 4) is 0 Å². The summed E-state index contributed by atoms with van der Waals surface area (Å²) in [6, 6.07) is 9.19. The molecule has 0 amide bonds. The van der Waals surface area contributed by atoms with E-state index in [9.17, 15) is 0 Å². The van der Waals surface area contributed by atoms with Crippen molar-refractivity contribution in [1.82, 2.24) is 4.90 Å². The average molecular weight is 260 g/mol. The van der Waals surface area contributed by atoms with Crippen LogP contribution in [0.5, 0.6) is 0 Å². The molecule has 2 aliphatic rings. The maximum absolute atomic E-state index is 6.47. The van der Waals surface area contributed by atoms with Crippen LogP contribution < -0.4 is 5.73 Å². The van der Waals surface area contributed by atoms with Crippen LogP contribution in [0.15, 0.2) is 24.3 Å². The van der Waals surface area contributed by atoms with Crippen LogP contribution in [0.1, 0.15) is 36.9 Å². The first-order valence-corrected chi connectivity index (χ1v) is 7.25. The topological polar surface area (TPSA) is 38.5 Å². The van der Waals surface area contributed by atoms with E-state index in [4.69, 9.17) is 10.5 Å². The van der Waals surface area contributed by atoms with Crippen LogP contribution in [0.4, 0.5) is 0 Å². The number of hydrogen-bond donors (Lipinski definition) is 1. The van der Waals surface area contributed by atoms with Crippen LogP contribution in [-0.2, 0) is 11.2 Å². The average Bonchev–Trinajstić information content (AvgIpc) is 2.77. The molecule has 1 aliphatic heterocycles. The lowest BCUT2D eigenvalue weighted by atomic mass is 9.92. The second-order valence-electron chi connectivity index (χ2n) is 6.22. The molecule has 1 aliphatic carbocycles. The summed E-state index contributed by atoms with van der Waals surface area (Å²) in [5.41, 5.74) is 9.21. The number of ether oxygens (including phenoxy) is 1. The summed E-state index contributed by atoms with van der Waals surface area (Å²) >= 11 is 0. The van der Waals surface area contributed by atoms with Gasteiger partial charge in [-0.25, -0.2) is 0 Å². The molecule has 1 aromatic rings.